The fraction of sp³-hybridized carbons (Fsp3) is 0.0400. The van der Waals surface area contributed by atoms with Crippen LogP contribution in [-0.2, 0) is 5.41 Å². The Balaban J connectivity index is 1.98. The molecular formula is C25H16Br2. The van der Waals surface area contributed by atoms with Crippen LogP contribution < -0.4 is 0 Å². The predicted octanol–water partition coefficient (Wildman–Crippen LogP) is 7.57. The van der Waals surface area contributed by atoms with E-state index in [1.165, 1.54) is 33.4 Å². The lowest BCUT2D eigenvalue weighted by Gasteiger charge is -2.34. The maximum atomic E-state index is 3.69. The minimum absolute atomic E-state index is 0.333. The smallest absolute Gasteiger partial charge is 0.0619 e. The van der Waals surface area contributed by atoms with Gasteiger partial charge in [-0.25, -0.2) is 0 Å². The molecule has 1 aliphatic rings. The second-order valence-electron chi connectivity index (χ2n) is 6.86. The van der Waals surface area contributed by atoms with Gasteiger partial charge in [0.15, 0.2) is 0 Å². The minimum Gasteiger partial charge on any atom is -0.0619 e. The summed E-state index contributed by atoms with van der Waals surface area (Å²) >= 11 is 7.38. The van der Waals surface area contributed by atoms with Crippen LogP contribution in [0.5, 0.6) is 0 Å². The standard InChI is InChI=1S/C25H16Br2/c26-19-9-5-7-17(15-19)25(18-8-6-10-20(27)16-18)23-13-3-1-11-21(23)22-12-2-4-14-24(22)25/h1-16H. The molecule has 0 spiro atoms. The quantitative estimate of drug-likeness (QED) is 0.247. The van der Waals surface area contributed by atoms with Gasteiger partial charge in [0.25, 0.3) is 0 Å². The summed E-state index contributed by atoms with van der Waals surface area (Å²) in [6.07, 6.45) is 0. The van der Waals surface area contributed by atoms with E-state index in [2.05, 4.69) is 129 Å². The Morgan fingerprint density at radius 2 is 0.926 bits per heavy atom. The Labute approximate surface area is 176 Å². The molecule has 0 unspecified atom stereocenters. The van der Waals surface area contributed by atoms with Crippen molar-refractivity contribution in [3.05, 3.63) is 128 Å². The van der Waals surface area contributed by atoms with Gasteiger partial charge in [0.2, 0.25) is 0 Å². The molecule has 0 aliphatic heterocycles. The Hall–Kier alpha value is -2.16. The normalized spacial score (nSPS) is 13.9. The highest BCUT2D eigenvalue weighted by molar-refractivity contribution is 9.10. The maximum absolute atomic E-state index is 3.69. The van der Waals surface area contributed by atoms with Gasteiger partial charge >= 0.3 is 0 Å². The molecule has 27 heavy (non-hydrogen) atoms. The molecule has 0 fully saturated rings. The Bertz CT molecular complexity index is 1070. The van der Waals surface area contributed by atoms with Crippen molar-refractivity contribution in [3.63, 3.8) is 0 Å². The fourth-order valence-corrected chi connectivity index (χ4v) is 5.27. The Morgan fingerprint density at radius 1 is 0.481 bits per heavy atom. The minimum atomic E-state index is -0.333. The maximum Gasteiger partial charge on any atom is 0.0714 e. The number of hydrogen-bond donors (Lipinski definition) is 0. The van der Waals surface area contributed by atoms with Gasteiger partial charge in [-0.2, -0.15) is 0 Å². The number of benzene rings is 4. The molecule has 130 valence electrons. The third kappa shape index (κ3) is 2.47. The molecule has 0 radical (unpaired) electrons. The summed E-state index contributed by atoms with van der Waals surface area (Å²) < 4.78 is 2.19. The van der Waals surface area contributed by atoms with Gasteiger partial charge in [-0.1, -0.05) is 105 Å². The molecule has 0 atom stereocenters. The monoisotopic (exact) mass is 474 g/mol. The Morgan fingerprint density at radius 3 is 1.37 bits per heavy atom. The first kappa shape index (κ1) is 17.0. The highest BCUT2D eigenvalue weighted by Crippen LogP contribution is 2.56. The highest BCUT2D eigenvalue weighted by atomic mass is 79.9. The summed E-state index contributed by atoms with van der Waals surface area (Å²) in [4.78, 5) is 0. The third-order valence-electron chi connectivity index (χ3n) is 5.47. The van der Waals surface area contributed by atoms with E-state index in [1.807, 2.05) is 0 Å². The van der Waals surface area contributed by atoms with Gasteiger partial charge in [-0.3, -0.25) is 0 Å². The van der Waals surface area contributed by atoms with Crippen LogP contribution in [-0.4, -0.2) is 0 Å². The van der Waals surface area contributed by atoms with Crippen LogP contribution in [0.1, 0.15) is 22.3 Å². The molecule has 0 saturated heterocycles. The van der Waals surface area contributed by atoms with Gasteiger partial charge in [0.05, 0.1) is 5.41 Å². The number of fused-ring (bicyclic) bond motifs is 3. The van der Waals surface area contributed by atoms with Crippen LogP contribution in [0.25, 0.3) is 11.1 Å². The van der Waals surface area contributed by atoms with E-state index in [4.69, 9.17) is 0 Å². The summed E-state index contributed by atoms with van der Waals surface area (Å²) in [6, 6.07) is 35.0. The molecule has 0 saturated carbocycles. The van der Waals surface area contributed by atoms with E-state index in [0.717, 1.165) is 8.95 Å². The molecule has 5 rings (SSSR count). The highest BCUT2D eigenvalue weighted by Gasteiger charge is 2.45. The van der Waals surface area contributed by atoms with Crippen LogP contribution in [0.3, 0.4) is 0 Å². The average molecular weight is 476 g/mol. The summed E-state index contributed by atoms with van der Waals surface area (Å²) in [7, 11) is 0. The van der Waals surface area contributed by atoms with Crippen molar-refractivity contribution >= 4 is 31.9 Å². The summed E-state index contributed by atoms with van der Waals surface area (Å²) in [6.45, 7) is 0. The van der Waals surface area contributed by atoms with E-state index < -0.39 is 0 Å². The lowest BCUT2D eigenvalue weighted by Crippen LogP contribution is -2.28. The van der Waals surface area contributed by atoms with Crippen LogP contribution in [0.2, 0.25) is 0 Å². The second kappa shape index (κ2) is 6.47. The van der Waals surface area contributed by atoms with Gasteiger partial charge in [0.1, 0.15) is 0 Å². The summed E-state index contributed by atoms with van der Waals surface area (Å²) in [5.74, 6) is 0. The van der Waals surface area contributed by atoms with Crippen molar-refractivity contribution < 1.29 is 0 Å². The van der Waals surface area contributed by atoms with Crippen molar-refractivity contribution in [1.29, 1.82) is 0 Å². The number of rotatable bonds is 2. The molecule has 0 amide bonds. The van der Waals surface area contributed by atoms with E-state index >= 15 is 0 Å². The lowest BCUT2D eigenvalue weighted by atomic mass is 9.68. The second-order valence-corrected chi connectivity index (χ2v) is 8.69. The number of halogens is 2. The van der Waals surface area contributed by atoms with Crippen molar-refractivity contribution in [2.75, 3.05) is 0 Å². The summed E-state index contributed by atoms with van der Waals surface area (Å²) in [5, 5.41) is 0. The van der Waals surface area contributed by atoms with Gasteiger partial charge in [0, 0.05) is 8.95 Å². The van der Waals surface area contributed by atoms with Crippen LogP contribution in [0.15, 0.2) is 106 Å². The fourth-order valence-electron chi connectivity index (χ4n) is 4.47. The summed E-state index contributed by atoms with van der Waals surface area (Å²) in [5.41, 5.74) is 7.51. The molecular weight excluding hydrogens is 460 g/mol. The number of hydrogen-bond acceptors (Lipinski definition) is 0. The van der Waals surface area contributed by atoms with Crippen molar-refractivity contribution in [1.82, 2.24) is 0 Å². The molecule has 0 N–H and O–H groups in total. The van der Waals surface area contributed by atoms with Crippen LogP contribution in [0.4, 0.5) is 0 Å². The lowest BCUT2D eigenvalue weighted by molar-refractivity contribution is 0.767. The largest absolute Gasteiger partial charge is 0.0714 e. The molecule has 0 bridgehead atoms. The van der Waals surface area contributed by atoms with E-state index in [9.17, 15) is 0 Å². The first-order valence-electron chi connectivity index (χ1n) is 8.93. The zero-order valence-corrected chi connectivity index (χ0v) is 17.7. The first-order valence-corrected chi connectivity index (χ1v) is 10.5. The SMILES string of the molecule is Brc1cccc(C2(c3cccc(Br)c3)c3ccccc3-c3ccccc32)c1. The van der Waals surface area contributed by atoms with Crippen molar-refractivity contribution in [2.24, 2.45) is 0 Å². The van der Waals surface area contributed by atoms with Crippen LogP contribution in [0, 0.1) is 0 Å². The molecule has 0 nitrogen and oxygen atoms in total. The predicted molar refractivity (Wildman–Crippen MR) is 119 cm³/mol. The average Bonchev–Trinajstić information content (AvgIpc) is 3.00. The van der Waals surface area contributed by atoms with E-state index in [0.29, 0.717) is 0 Å². The van der Waals surface area contributed by atoms with Gasteiger partial charge in [-0.15, -0.1) is 0 Å². The first-order chi connectivity index (χ1) is 13.2. The molecule has 2 heteroatoms. The van der Waals surface area contributed by atoms with Gasteiger partial charge in [-0.05, 0) is 57.6 Å². The third-order valence-corrected chi connectivity index (χ3v) is 6.45. The van der Waals surface area contributed by atoms with Crippen molar-refractivity contribution in [2.45, 2.75) is 5.41 Å². The van der Waals surface area contributed by atoms with Crippen molar-refractivity contribution in [3.8, 4) is 11.1 Å². The zero-order chi connectivity index (χ0) is 18.4. The molecule has 1 aliphatic carbocycles. The molecule has 0 aromatic heterocycles. The zero-order valence-electron chi connectivity index (χ0n) is 14.5. The van der Waals surface area contributed by atoms with Crippen LogP contribution >= 0.6 is 31.9 Å². The van der Waals surface area contributed by atoms with E-state index in [1.54, 1.807) is 0 Å². The Kier molecular flexibility index (Phi) is 4.07. The van der Waals surface area contributed by atoms with Gasteiger partial charge < -0.3 is 0 Å². The molecule has 4 aromatic carbocycles. The molecule has 4 aromatic rings. The molecule has 0 heterocycles. The topological polar surface area (TPSA) is 0 Å². The van der Waals surface area contributed by atoms with E-state index in [-0.39, 0.29) is 5.41 Å².